The molecule has 19 heavy (non-hydrogen) atoms. The van der Waals surface area contributed by atoms with E-state index in [1.807, 2.05) is 38.1 Å². The van der Waals surface area contributed by atoms with Crippen molar-refractivity contribution in [1.82, 2.24) is 9.97 Å². The Kier molecular flexibility index (Phi) is 14.9. The van der Waals surface area contributed by atoms with Crippen molar-refractivity contribution in [2.75, 3.05) is 11.5 Å². The van der Waals surface area contributed by atoms with Crippen molar-refractivity contribution in [3.05, 3.63) is 47.8 Å². The van der Waals surface area contributed by atoms with Crippen LogP contribution in [0.25, 0.3) is 0 Å². The molecule has 0 unspecified atom stereocenters. The number of anilines is 2. The molecule has 2 aromatic heterocycles. The Morgan fingerprint density at radius 2 is 1.11 bits per heavy atom. The molecule has 4 nitrogen and oxygen atoms in total. The molecular weight excluding hydrogens is 377 g/mol. The maximum absolute atomic E-state index is 5.35. The molecule has 0 bridgehead atoms. The Morgan fingerprint density at radius 1 is 0.789 bits per heavy atom. The molecule has 2 heterocycles. The van der Waals surface area contributed by atoms with Crippen LogP contribution < -0.4 is 36.3 Å². The smallest absolute Gasteiger partial charge is 1.00 e. The third kappa shape index (κ3) is 10.7. The molecule has 0 radical (unpaired) electrons. The van der Waals surface area contributed by atoms with E-state index in [-0.39, 0.29) is 45.2 Å². The first-order chi connectivity index (χ1) is 7.58. The van der Waals surface area contributed by atoms with Crippen molar-refractivity contribution in [2.24, 2.45) is 0 Å². The Labute approximate surface area is 139 Å². The summed E-state index contributed by atoms with van der Waals surface area (Å²) < 4.78 is 0. The maximum Gasteiger partial charge on any atom is 2.00 e. The van der Waals surface area contributed by atoms with Gasteiger partial charge in [-0.1, -0.05) is 0 Å². The molecular formula is C12H16Cl2N4Pd. The molecule has 0 aliphatic heterocycles. The molecule has 2 rings (SSSR count). The van der Waals surface area contributed by atoms with Crippen LogP contribution in [0.3, 0.4) is 0 Å². The summed E-state index contributed by atoms with van der Waals surface area (Å²) in [5.74, 6) is 1.18. The number of nitrogens with two attached hydrogens (primary N) is 2. The second-order valence-corrected chi connectivity index (χ2v) is 3.52. The number of pyridine rings is 2. The zero-order valence-corrected chi connectivity index (χ0v) is 13.7. The monoisotopic (exact) mass is 392 g/mol. The van der Waals surface area contributed by atoms with Crippen molar-refractivity contribution in [2.45, 2.75) is 13.8 Å². The van der Waals surface area contributed by atoms with Gasteiger partial charge in [-0.2, -0.15) is 0 Å². The van der Waals surface area contributed by atoms with Crippen molar-refractivity contribution in [3.63, 3.8) is 0 Å². The number of nitrogen functional groups attached to an aromatic ring is 2. The first-order valence-corrected chi connectivity index (χ1v) is 4.94. The minimum atomic E-state index is 0. The van der Waals surface area contributed by atoms with Crippen LogP contribution in [0.2, 0.25) is 0 Å². The number of nitrogens with zero attached hydrogens (tertiary/aromatic N) is 2. The Hall–Kier alpha value is -0.858. The van der Waals surface area contributed by atoms with Crippen LogP contribution in [-0.4, -0.2) is 9.97 Å². The van der Waals surface area contributed by atoms with Crippen LogP contribution >= 0.6 is 0 Å². The van der Waals surface area contributed by atoms with Gasteiger partial charge in [0.2, 0.25) is 0 Å². The van der Waals surface area contributed by atoms with Crippen LogP contribution in [-0.2, 0) is 20.4 Å². The van der Waals surface area contributed by atoms with Crippen molar-refractivity contribution in [1.29, 1.82) is 0 Å². The van der Waals surface area contributed by atoms with E-state index in [4.69, 9.17) is 11.5 Å². The summed E-state index contributed by atoms with van der Waals surface area (Å²) >= 11 is 0. The molecule has 0 aromatic carbocycles. The Balaban J connectivity index is -0.000000233. The van der Waals surface area contributed by atoms with Gasteiger partial charge in [0, 0.05) is 12.4 Å². The van der Waals surface area contributed by atoms with Gasteiger partial charge in [-0.25, -0.2) is 9.97 Å². The standard InChI is InChI=1S/2C6H8N2.2ClH.Pd/c2*1-5-2-3-8-6(7)4-5;;;/h2*2-4H,1H3,(H2,7,8);2*1H;/q;;;;+2/p-2. The van der Waals surface area contributed by atoms with Crippen molar-refractivity contribution < 1.29 is 45.2 Å². The molecule has 4 N–H and O–H groups in total. The maximum atomic E-state index is 5.35. The molecule has 7 heteroatoms. The second kappa shape index (κ2) is 12.2. The predicted molar refractivity (Wildman–Crippen MR) is 66.8 cm³/mol. The Morgan fingerprint density at radius 3 is 1.26 bits per heavy atom. The summed E-state index contributed by atoms with van der Waals surface area (Å²) in [6.45, 7) is 3.97. The van der Waals surface area contributed by atoms with Crippen molar-refractivity contribution in [3.8, 4) is 0 Å². The third-order valence-corrected chi connectivity index (χ3v) is 1.87. The van der Waals surface area contributed by atoms with E-state index in [0.29, 0.717) is 11.6 Å². The van der Waals surface area contributed by atoms with Gasteiger partial charge in [0.15, 0.2) is 0 Å². The largest absolute Gasteiger partial charge is 2.00 e. The van der Waals surface area contributed by atoms with Gasteiger partial charge >= 0.3 is 20.4 Å². The summed E-state index contributed by atoms with van der Waals surface area (Å²) in [6.07, 6.45) is 3.40. The summed E-state index contributed by atoms with van der Waals surface area (Å²) in [5.41, 5.74) is 13.0. The van der Waals surface area contributed by atoms with Gasteiger partial charge in [0.1, 0.15) is 11.6 Å². The minimum absolute atomic E-state index is 0. The number of aryl methyl sites for hydroxylation is 2. The zero-order valence-electron chi connectivity index (χ0n) is 10.6. The summed E-state index contributed by atoms with van der Waals surface area (Å²) in [4.78, 5) is 7.64. The molecule has 0 fully saturated rings. The molecule has 108 valence electrons. The summed E-state index contributed by atoms with van der Waals surface area (Å²) in [7, 11) is 0. The molecule has 0 spiro atoms. The van der Waals surface area contributed by atoms with Crippen LogP contribution in [0.4, 0.5) is 11.6 Å². The van der Waals surface area contributed by atoms with E-state index in [0.717, 1.165) is 11.1 Å². The van der Waals surface area contributed by atoms with Gasteiger partial charge in [-0.05, 0) is 49.2 Å². The summed E-state index contributed by atoms with van der Waals surface area (Å²) in [6, 6.07) is 7.49. The van der Waals surface area contributed by atoms with Gasteiger partial charge in [0.05, 0.1) is 0 Å². The van der Waals surface area contributed by atoms with Crippen LogP contribution in [0.15, 0.2) is 36.7 Å². The predicted octanol–water partition coefficient (Wildman–Crippen LogP) is -4.05. The third-order valence-electron chi connectivity index (χ3n) is 1.87. The normalized spacial score (nSPS) is 7.68. The SMILES string of the molecule is Cc1ccnc(N)c1.Cc1ccnc(N)c1.[Cl-].[Cl-].[Pd+2]. The van der Waals surface area contributed by atoms with E-state index in [9.17, 15) is 0 Å². The molecule has 0 atom stereocenters. The van der Waals surface area contributed by atoms with E-state index < -0.39 is 0 Å². The quantitative estimate of drug-likeness (QED) is 0.447. The van der Waals surface area contributed by atoms with Gasteiger partial charge in [-0.15, -0.1) is 0 Å². The van der Waals surface area contributed by atoms with Crippen LogP contribution in [0, 0.1) is 13.8 Å². The molecule has 0 aliphatic carbocycles. The second-order valence-electron chi connectivity index (χ2n) is 3.52. The number of aromatic nitrogens is 2. The van der Waals surface area contributed by atoms with Crippen molar-refractivity contribution >= 4 is 11.6 Å². The Bertz CT molecular complexity index is 391. The average molecular weight is 394 g/mol. The van der Waals surface area contributed by atoms with Crippen LogP contribution in [0.1, 0.15) is 11.1 Å². The average Bonchev–Trinajstić information content (AvgIpc) is 2.17. The van der Waals surface area contributed by atoms with Gasteiger partial charge in [0.25, 0.3) is 0 Å². The number of halogens is 2. The summed E-state index contributed by atoms with van der Waals surface area (Å²) in [5, 5.41) is 0. The first-order valence-electron chi connectivity index (χ1n) is 4.94. The topological polar surface area (TPSA) is 77.8 Å². The molecule has 2 aromatic rings. The fourth-order valence-corrected chi connectivity index (χ4v) is 1.12. The van der Waals surface area contributed by atoms with Gasteiger partial charge in [-0.3, -0.25) is 0 Å². The fourth-order valence-electron chi connectivity index (χ4n) is 1.12. The number of rotatable bonds is 0. The first kappa shape index (κ1) is 23.3. The minimum Gasteiger partial charge on any atom is -1.00 e. The number of hydrogen-bond donors (Lipinski definition) is 2. The van der Waals surface area contributed by atoms with Crippen LogP contribution in [0.5, 0.6) is 0 Å². The van der Waals surface area contributed by atoms with E-state index >= 15 is 0 Å². The van der Waals surface area contributed by atoms with E-state index in [1.165, 1.54) is 0 Å². The van der Waals surface area contributed by atoms with Gasteiger partial charge < -0.3 is 36.3 Å². The van der Waals surface area contributed by atoms with E-state index in [2.05, 4.69) is 9.97 Å². The molecule has 0 saturated carbocycles. The molecule has 0 aliphatic rings. The van der Waals surface area contributed by atoms with E-state index in [1.54, 1.807) is 12.4 Å². The fraction of sp³-hybridized carbons (Fsp3) is 0.167. The zero-order chi connectivity index (χ0) is 12.0. The number of hydrogen-bond acceptors (Lipinski definition) is 4. The molecule has 0 saturated heterocycles. The molecule has 0 amide bonds.